The van der Waals surface area contributed by atoms with Crippen molar-refractivity contribution in [2.24, 2.45) is 11.0 Å². The number of phosphoric ester groups is 1. The second-order valence-corrected chi connectivity index (χ2v) is 28.9. The zero-order valence-electron chi connectivity index (χ0n) is 52.8. The number of hydrogen-bond acceptors (Lipinski definition) is 30. The van der Waals surface area contributed by atoms with E-state index in [-0.39, 0.29) is 67.7 Å². The second kappa shape index (κ2) is 42.0. The van der Waals surface area contributed by atoms with Crippen LogP contribution in [0.4, 0.5) is 15.3 Å². The van der Waals surface area contributed by atoms with E-state index >= 15 is 0 Å². The van der Waals surface area contributed by atoms with Gasteiger partial charge in [0, 0.05) is 75.8 Å². The SMILES string of the molecule is C=C(NCCOCCOCCNC(=O)OCCC(C)(C)SSCOCCCCOC(=O)NCC#CC1=CC([C@H]2CC(OCN=[N+]=[N-])[C@@H](COP(=O)(O)OP(=O)(O)OP(=O)(O)O)O2)C(=O)NC1=N)c1ccc(C(=O)O)c(-c2c3ccc(=[NH2+])cc-3oc3cc(N)ccc23)c1.O=S(=O)=O.O=S(=O)=O. The first kappa shape index (κ1) is 84.8. The van der Waals surface area contributed by atoms with E-state index in [1.54, 1.807) is 65.4 Å². The zero-order chi connectivity index (χ0) is 74.2. The predicted molar refractivity (Wildman–Crippen MR) is 353 cm³/mol. The number of nitrogens with two attached hydrogens (primary N) is 2. The number of nitrogens with one attached hydrogen (secondary N) is 5. The van der Waals surface area contributed by atoms with Crippen LogP contribution in [0.15, 0.2) is 82.4 Å². The van der Waals surface area contributed by atoms with Gasteiger partial charge in [0.15, 0.2) is 5.36 Å². The topological polar surface area (TPSA) is 601 Å². The van der Waals surface area contributed by atoms with Crippen LogP contribution in [0.1, 0.15) is 55.5 Å². The van der Waals surface area contributed by atoms with E-state index in [0.717, 1.165) is 0 Å². The summed E-state index contributed by atoms with van der Waals surface area (Å²) in [6.45, 7) is 9.02. The van der Waals surface area contributed by atoms with Gasteiger partial charge in [-0.1, -0.05) is 57.3 Å². The average molecular weight is 1540 g/mol. The average Bonchev–Trinajstić information content (AvgIpc) is 0.901. The molecule has 0 bridgehead atoms. The molecule has 0 aromatic heterocycles. The van der Waals surface area contributed by atoms with Gasteiger partial charge in [-0.25, -0.2) is 28.1 Å². The molecule has 100 heavy (non-hydrogen) atoms. The molecule has 548 valence electrons. The molecule has 3 aliphatic heterocycles. The summed E-state index contributed by atoms with van der Waals surface area (Å²) in [4.78, 5) is 89.4. The number of amides is 3. The summed E-state index contributed by atoms with van der Waals surface area (Å²) in [5.74, 6) is 2.88. The van der Waals surface area contributed by atoms with Crippen LogP contribution >= 0.6 is 45.1 Å². The molecule has 3 amide bonds. The van der Waals surface area contributed by atoms with Gasteiger partial charge in [-0.3, -0.25) is 20.1 Å². The van der Waals surface area contributed by atoms with Crippen molar-refractivity contribution in [2.75, 3.05) is 90.9 Å². The fraction of sp³-hybridized carbons (Fsp3) is 0.444. The number of anilines is 1. The Hall–Kier alpha value is -7.62. The Bertz CT molecular complexity index is 4090. The van der Waals surface area contributed by atoms with Gasteiger partial charge in [-0.15, -0.1) is 25.3 Å². The number of benzene rings is 3. The van der Waals surface area contributed by atoms with Crippen LogP contribution in [0.5, 0.6) is 0 Å². The van der Waals surface area contributed by atoms with E-state index in [4.69, 9.17) is 94.7 Å². The molecule has 6 atom stereocenters. The molecule has 1 saturated heterocycles. The summed E-state index contributed by atoms with van der Waals surface area (Å²) in [6, 6.07) is 15.4. The summed E-state index contributed by atoms with van der Waals surface area (Å²) >= 11 is 0. The summed E-state index contributed by atoms with van der Waals surface area (Å²) in [6.07, 6.45) is -1.95. The number of aromatic carboxylic acids is 1. The number of alkyl carbamates (subject to hydrolysis) is 2. The lowest BCUT2D eigenvalue weighted by Crippen LogP contribution is -2.44. The number of amidine groups is 1. The van der Waals surface area contributed by atoms with Crippen molar-refractivity contribution in [1.29, 1.82) is 5.41 Å². The number of fused-ring (bicyclic) bond motifs is 2. The molecule has 0 spiro atoms. The van der Waals surface area contributed by atoms with Crippen molar-refractivity contribution in [3.8, 4) is 34.3 Å². The molecule has 1 fully saturated rings. The lowest BCUT2D eigenvalue weighted by Gasteiger charge is -2.25. The monoisotopic (exact) mass is 1540 g/mol. The molecular weight excluding hydrogens is 1470 g/mol. The summed E-state index contributed by atoms with van der Waals surface area (Å²) < 4.78 is 142. The number of carboxylic acids is 1. The Balaban J connectivity index is 0.00000251. The summed E-state index contributed by atoms with van der Waals surface area (Å²) in [5, 5.41) is 39.6. The third-order valence-electron chi connectivity index (χ3n) is 12.9. The fourth-order valence-corrected chi connectivity index (χ4v) is 14.0. The lowest BCUT2D eigenvalue weighted by atomic mass is 9.89. The van der Waals surface area contributed by atoms with Crippen molar-refractivity contribution >= 4 is 119 Å². The van der Waals surface area contributed by atoms with Crippen molar-refractivity contribution < 1.29 is 139 Å². The molecule has 39 nitrogen and oxygen atoms in total. The van der Waals surface area contributed by atoms with Crippen LogP contribution in [0.3, 0.4) is 0 Å². The Morgan fingerprint density at radius 2 is 1.53 bits per heavy atom. The van der Waals surface area contributed by atoms with Gasteiger partial charge in [0.25, 0.3) is 0 Å². The van der Waals surface area contributed by atoms with Crippen molar-refractivity contribution in [2.45, 2.75) is 62.6 Å². The van der Waals surface area contributed by atoms with Gasteiger partial charge in [0.2, 0.25) is 5.91 Å². The maximum absolute atomic E-state index is 12.9. The highest BCUT2D eigenvalue weighted by Gasteiger charge is 2.46. The Labute approximate surface area is 579 Å². The van der Waals surface area contributed by atoms with E-state index in [9.17, 15) is 47.8 Å². The highest BCUT2D eigenvalue weighted by molar-refractivity contribution is 8.77. The number of rotatable bonds is 37. The number of unbranched alkanes of at least 4 members (excludes halogenated alkanes) is 1. The molecule has 2 aromatic rings. The van der Waals surface area contributed by atoms with E-state index in [0.29, 0.717) is 107 Å². The van der Waals surface area contributed by atoms with Crippen LogP contribution in [-0.4, -0.2) is 188 Å². The first-order valence-corrected chi connectivity index (χ1v) is 37.6. The number of carbonyl (C=O) groups excluding carboxylic acids is 3. The van der Waals surface area contributed by atoms with E-state index in [1.807, 2.05) is 13.8 Å². The maximum Gasteiger partial charge on any atom is 0.490 e. The largest absolute Gasteiger partial charge is 0.490 e. The zero-order valence-corrected chi connectivity index (χ0v) is 58.8. The molecular formula is C54H70N10O29P3S4+. The minimum atomic E-state index is -5.82. The van der Waals surface area contributed by atoms with Crippen LogP contribution in [0, 0.1) is 23.2 Å². The molecule has 46 heteroatoms. The predicted octanol–water partition coefficient (Wildman–Crippen LogP) is 3.29. The molecule has 14 N–H and O–H groups in total. The molecule has 4 unspecified atom stereocenters. The standard InChI is InChI=1S/C54H69N10O23P3S2.2O3S/c1-33(34-8-11-38(51(66)67)41(25-34)48-39-12-9-36(55)27-43(39)84-44-28-37(56)10-13-40(44)48)59-16-21-77-23-24-78-22-17-61-53(69)81-20-14-54(2,3)92-91-32-79-18-4-5-19-80-52(68)60-15-6-7-35-26-42(50(65)63-49(35)57)45-29-46(82-31-62-64-58)47(85-45)30-83-89(73,74)87-90(75,76)86-88(70,71)72;2*1-4(2)3/h8-13,25-28,42,45-47,55,59H,1,4-5,14-24,29-32,56H2,2-3H3,(H,60,68)(H,61,69)(H,66,67)(H,73,74)(H,75,76)(H2,57,63,65)(H2,70,71,72);;/p+1/t42?,45-,46?,47-;;/m1../s1. The number of carboxylic acid groups (broad SMARTS) is 1. The number of nitrogens with zero attached hydrogens (tertiary/aromatic N) is 3. The number of ether oxygens (including phenoxy) is 7. The minimum Gasteiger partial charge on any atom is -0.478 e. The molecule has 2 aromatic carbocycles. The summed E-state index contributed by atoms with van der Waals surface area (Å²) in [7, 11) is -20.2. The third-order valence-corrected chi connectivity index (χ3v) is 19.8. The Kier molecular flexibility index (Phi) is 35.6. The minimum absolute atomic E-state index is 0.0334. The molecule has 6 rings (SSSR count). The highest BCUT2D eigenvalue weighted by Crippen LogP contribution is 2.66. The van der Waals surface area contributed by atoms with Gasteiger partial charge in [-0.05, 0) is 80.1 Å². The number of phosphoric acid groups is 3. The van der Waals surface area contributed by atoms with Gasteiger partial charge >= 0.3 is 62.8 Å². The van der Waals surface area contributed by atoms with Crippen molar-refractivity contribution in [3.05, 3.63) is 99.8 Å². The van der Waals surface area contributed by atoms with Gasteiger partial charge < -0.3 is 89.3 Å². The van der Waals surface area contributed by atoms with Gasteiger partial charge in [-0.2, -0.15) is 8.62 Å². The fourth-order valence-electron chi connectivity index (χ4n) is 8.72. The maximum atomic E-state index is 12.9. The van der Waals surface area contributed by atoms with Gasteiger partial charge in [0.05, 0.1) is 88.1 Å². The van der Waals surface area contributed by atoms with Crippen LogP contribution in [0.2, 0.25) is 0 Å². The van der Waals surface area contributed by atoms with E-state index < -0.39 is 106 Å². The normalized spacial score (nSPS) is 16.9. The number of nitrogen functional groups attached to an aromatic ring is 1. The first-order chi connectivity index (χ1) is 47.1. The Morgan fingerprint density at radius 1 is 0.870 bits per heavy atom. The second-order valence-electron chi connectivity index (χ2n) is 20.8. The third kappa shape index (κ3) is 31.9. The van der Waals surface area contributed by atoms with Crippen LogP contribution in [-0.2, 0) is 86.0 Å². The highest BCUT2D eigenvalue weighted by atomic mass is 33.1. The molecule has 1 aliphatic carbocycles. The van der Waals surface area contributed by atoms with Crippen molar-refractivity contribution in [1.82, 2.24) is 21.3 Å². The molecule has 3 heterocycles. The number of hydrogen-bond donors (Lipinski definition) is 12. The molecule has 0 saturated carbocycles. The quantitative estimate of drug-likeness (QED) is 0.00294. The molecule has 0 radical (unpaired) electrons. The number of azide groups is 1. The van der Waals surface area contributed by atoms with E-state index in [2.05, 4.69) is 62.9 Å². The van der Waals surface area contributed by atoms with Crippen LogP contribution < -0.4 is 37.8 Å². The van der Waals surface area contributed by atoms with Crippen molar-refractivity contribution in [3.63, 3.8) is 0 Å². The first-order valence-electron chi connectivity index (χ1n) is 28.8. The Morgan fingerprint density at radius 3 is 2.20 bits per heavy atom. The van der Waals surface area contributed by atoms with E-state index in [1.165, 1.54) is 16.9 Å². The summed E-state index contributed by atoms with van der Waals surface area (Å²) in [5.41, 5.74) is 18.8. The van der Waals surface area contributed by atoms with Crippen LogP contribution in [0.25, 0.3) is 49.6 Å². The smallest absolute Gasteiger partial charge is 0.478 e. The van der Waals surface area contributed by atoms with Gasteiger partial charge in [0.1, 0.15) is 36.0 Å². The molecule has 4 aliphatic rings. The lowest BCUT2D eigenvalue weighted by molar-refractivity contribution is -0.172. The number of carbonyl (C=O) groups is 4.